The Labute approximate surface area is 78.6 Å². The van der Waals surface area contributed by atoms with Crippen molar-refractivity contribution >= 4 is 5.69 Å². The number of rotatable bonds is 1. The van der Waals surface area contributed by atoms with Gasteiger partial charge in [-0.2, -0.15) is 0 Å². The molecule has 0 fully saturated rings. The minimum atomic E-state index is 0.533. The van der Waals surface area contributed by atoms with Crippen LogP contribution in [0.15, 0.2) is 48.6 Å². The monoisotopic (exact) mass is 171 g/mol. The van der Waals surface area contributed by atoms with E-state index in [-0.39, 0.29) is 0 Å². The molecule has 2 N–H and O–H groups in total. The van der Waals surface area contributed by atoms with E-state index in [1.165, 1.54) is 5.56 Å². The third-order valence-corrected chi connectivity index (χ3v) is 2.35. The summed E-state index contributed by atoms with van der Waals surface area (Å²) in [6.45, 7) is 0. The van der Waals surface area contributed by atoms with Crippen LogP contribution >= 0.6 is 0 Å². The normalized spacial score (nSPS) is 20.5. The van der Waals surface area contributed by atoms with E-state index >= 15 is 0 Å². The van der Waals surface area contributed by atoms with Gasteiger partial charge in [0.1, 0.15) is 0 Å². The second-order valence-electron chi connectivity index (χ2n) is 3.32. The van der Waals surface area contributed by atoms with Crippen LogP contribution in [-0.2, 0) is 0 Å². The third-order valence-electron chi connectivity index (χ3n) is 2.35. The molecule has 1 aromatic carbocycles. The number of hydrogen-bond donors (Lipinski definition) is 1. The second-order valence-corrected chi connectivity index (χ2v) is 3.32. The Hall–Kier alpha value is -1.50. The minimum Gasteiger partial charge on any atom is -0.399 e. The zero-order chi connectivity index (χ0) is 9.10. The van der Waals surface area contributed by atoms with E-state index in [1.54, 1.807) is 0 Å². The molecule has 1 unspecified atom stereocenters. The Balaban J connectivity index is 2.21. The maximum atomic E-state index is 5.62. The predicted octanol–water partition coefficient (Wildman–Crippen LogP) is 2.87. The molecule has 1 aliphatic carbocycles. The lowest BCUT2D eigenvalue weighted by Gasteiger charge is -2.13. The summed E-state index contributed by atoms with van der Waals surface area (Å²) in [4.78, 5) is 0. The van der Waals surface area contributed by atoms with Crippen molar-refractivity contribution in [2.24, 2.45) is 0 Å². The molecule has 13 heavy (non-hydrogen) atoms. The summed E-state index contributed by atoms with van der Waals surface area (Å²) < 4.78 is 0. The lowest BCUT2D eigenvalue weighted by molar-refractivity contribution is 0.854. The summed E-state index contributed by atoms with van der Waals surface area (Å²) in [5.41, 5.74) is 7.80. The minimum absolute atomic E-state index is 0.533. The fourth-order valence-electron chi connectivity index (χ4n) is 1.57. The van der Waals surface area contributed by atoms with Gasteiger partial charge in [-0.25, -0.2) is 0 Å². The van der Waals surface area contributed by atoms with E-state index < -0.39 is 0 Å². The fourth-order valence-corrected chi connectivity index (χ4v) is 1.57. The van der Waals surface area contributed by atoms with Gasteiger partial charge in [-0.1, -0.05) is 36.4 Å². The summed E-state index contributed by atoms with van der Waals surface area (Å²) >= 11 is 0. The van der Waals surface area contributed by atoms with Crippen LogP contribution in [0.2, 0.25) is 0 Å². The molecule has 1 atom stereocenters. The van der Waals surface area contributed by atoms with Crippen LogP contribution in [0.3, 0.4) is 0 Å². The molecule has 0 spiro atoms. The van der Waals surface area contributed by atoms with Gasteiger partial charge in [0, 0.05) is 11.6 Å². The smallest absolute Gasteiger partial charge is 0.0314 e. The van der Waals surface area contributed by atoms with Crippen LogP contribution in [0.5, 0.6) is 0 Å². The number of nitrogens with two attached hydrogens (primary N) is 1. The molecular weight excluding hydrogens is 158 g/mol. The summed E-state index contributed by atoms with van der Waals surface area (Å²) in [5.74, 6) is 0.533. The van der Waals surface area contributed by atoms with E-state index in [0.717, 1.165) is 12.1 Å². The van der Waals surface area contributed by atoms with Gasteiger partial charge in [0.15, 0.2) is 0 Å². The number of hydrogen-bond acceptors (Lipinski definition) is 1. The van der Waals surface area contributed by atoms with Gasteiger partial charge in [0.25, 0.3) is 0 Å². The Bertz CT molecular complexity index is 333. The highest BCUT2D eigenvalue weighted by Crippen LogP contribution is 2.24. The molecular formula is C12H13N. The third kappa shape index (κ3) is 1.81. The molecule has 0 aliphatic heterocycles. The molecule has 2 rings (SSSR count). The number of allylic oxidation sites excluding steroid dienone is 4. The van der Waals surface area contributed by atoms with Gasteiger partial charge in [-0.3, -0.25) is 0 Å². The molecule has 0 bridgehead atoms. The summed E-state index contributed by atoms with van der Waals surface area (Å²) in [7, 11) is 0. The predicted molar refractivity (Wildman–Crippen MR) is 56.5 cm³/mol. The summed E-state index contributed by atoms with van der Waals surface area (Å²) in [6.07, 6.45) is 9.71. The Morgan fingerprint density at radius 1 is 1.08 bits per heavy atom. The molecule has 0 aromatic heterocycles. The fraction of sp³-hybridized carbons (Fsp3) is 0.167. The Morgan fingerprint density at radius 2 is 1.85 bits per heavy atom. The highest BCUT2D eigenvalue weighted by Gasteiger charge is 2.06. The zero-order valence-electron chi connectivity index (χ0n) is 7.48. The van der Waals surface area contributed by atoms with Gasteiger partial charge in [-0.05, 0) is 24.1 Å². The summed E-state index contributed by atoms with van der Waals surface area (Å²) in [6, 6.07) is 8.12. The molecule has 0 saturated carbocycles. The van der Waals surface area contributed by atoms with Crippen molar-refractivity contribution in [3.63, 3.8) is 0 Å². The van der Waals surface area contributed by atoms with Gasteiger partial charge >= 0.3 is 0 Å². The molecule has 66 valence electrons. The van der Waals surface area contributed by atoms with Crippen molar-refractivity contribution in [1.82, 2.24) is 0 Å². The van der Waals surface area contributed by atoms with Gasteiger partial charge in [0.05, 0.1) is 0 Å². The average Bonchev–Trinajstić information content (AvgIpc) is 2.20. The van der Waals surface area contributed by atoms with Crippen LogP contribution < -0.4 is 5.73 Å². The molecule has 1 aromatic rings. The van der Waals surface area contributed by atoms with Crippen LogP contribution in [-0.4, -0.2) is 0 Å². The SMILES string of the molecule is Nc1ccc(C2C=CC=CC2)cc1. The molecule has 1 nitrogen and oxygen atoms in total. The Morgan fingerprint density at radius 3 is 2.46 bits per heavy atom. The highest BCUT2D eigenvalue weighted by atomic mass is 14.5. The second kappa shape index (κ2) is 3.48. The summed E-state index contributed by atoms with van der Waals surface area (Å²) in [5, 5.41) is 0. The lowest BCUT2D eigenvalue weighted by Crippen LogP contribution is -1.96. The first kappa shape index (κ1) is 8.11. The van der Waals surface area contributed by atoms with Crippen LogP contribution in [0.25, 0.3) is 0 Å². The lowest BCUT2D eigenvalue weighted by atomic mass is 9.93. The van der Waals surface area contributed by atoms with Crippen molar-refractivity contribution in [1.29, 1.82) is 0 Å². The first-order valence-electron chi connectivity index (χ1n) is 4.55. The number of benzene rings is 1. The van der Waals surface area contributed by atoms with E-state index in [2.05, 4.69) is 36.4 Å². The quantitative estimate of drug-likeness (QED) is 0.646. The molecule has 0 amide bonds. The highest BCUT2D eigenvalue weighted by molar-refractivity contribution is 5.41. The van der Waals surface area contributed by atoms with E-state index in [4.69, 9.17) is 5.73 Å². The van der Waals surface area contributed by atoms with Crippen molar-refractivity contribution in [2.75, 3.05) is 5.73 Å². The molecule has 0 heterocycles. The van der Waals surface area contributed by atoms with Crippen molar-refractivity contribution in [3.8, 4) is 0 Å². The molecule has 1 aliphatic rings. The first-order valence-corrected chi connectivity index (χ1v) is 4.55. The van der Waals surface area contributed by atoms with E-state index in [9.17, 15) is 0 Å². The molecule has 0 saturated heterocycles. The van der Waals surface area contributed by atoms with Gasteiger partial charge < -0.3 is 5.73 Å². The van der Waals surface area contributed by atoms with Crippen molar-refractivity contribution < 1.29 is 0 Å². The largest absolute Gasteiger partial charge is 0.399 e. The topological polar surface area (TPSA) is 26.0 Å². The van der Waals surface area contributed by atoms with E-state index in [1.807, 2.05) is 12.1 Å². The zero-order valence-corrected chi connectivity index (χ0v) is 7.48. The number of nitrogen functional groups attached to an aromatic ring is 1. The molecule has 0 radical (unpaired) electrons. The van der Waals surface area contributed by atoms with Gasteiger partial charge in [-0.15, -0.1) is 0 Å². The molecule has 1 heteroatoms. The van der Waals surface area contributed by atoms with Gasteiger partial charge in [0.2, 0.25) is 0 Å². The average molecular weight is 171 g/mol. The first-order chi connectivity index (χ1) is 6.36. The Kier molecular flexibility index (Phi) is 2.17. The van der Waals surface area contributed by atoms with Crippen LogP contribution in [0.1, 0.15) is 17.9 Å². The maximum Gasteiger partial charge on any atom is 0.0314 e. The van der Waals surface area contributed by atoms with Crippen LogP contribution in [0.4, 0.5) is 5.69 Å². The maximum absolute atomic E-state index is 5.62. The standard InChI is InChI=1S/C12H13N/c13-12-8-6-11(7-9-12)10-4-2-1-3-5-10/h1-4,6-10H,5,13H2. The van der Waals surface area contributed by atoms with Crippen molar-refractivity contribution in [3.05, 3.63) is 54.1 Å². The van der Waals surface area contributed by atoms with Crippen molar-refractivity contribution in [2.45, 2.75) is 12.3 Å². The van der Waals surface area contributed by atoms with E-state index in [0.29, 0.717) is 5.92 Å². The number of anilines is 1. The van der Waals surface area contributed by atoms with Crippen LogP contribution in [0, 0.1) is 0 Å².